The van der Waals surface area contributed by atoms with Gasteiger partial charge in [-0.15, -0.1) is 0 Å². The molecule has 0 saturated carbocycles. The Morgan fingerprint density at radius 3 is 2.37 bits per heavy atom. The molecule has 0 bridgehead atoms. The fourth-order valence-corrected chi connectivity index (χ4v) is 6.27. The number of sulfone groups is 1. The number of rotatable bonds is 7. The van der Waals surface area contributed by atoms with Gasteiger partial charge in [0, 0.05) is 17.6 Å². The molecular formula is C18H26F3NO6S2. The van der Waals surface area contributed by atoms with Crippen molar-refractivity contribution in [1.82, 2.24) is 5.32 Å². The third-order valence-corrected chi connectivity index (χ3v) is 8.18. The molecule has 1 aliphatic heterocycles. The van der Waals surface area contributed by atoms with Crippen molar-refractivity contribution in [2.45, 2.75) is 68.4 Å². The number of unbranched alkanes of at least 4 members (excludes halogenated alkanes) is 1. The Kier molecular flexibility index (Phi) is 7.04. The van der Waals surface area contributed by atoms with Gasteiger partial charge in [-0.25, -0.2) is 8.42 Å². The zero-order valence-corrected chi connectivity index (χ0v) is 18.8. The van der Waals surface area contributed by atoms with Crippen LogP contribution in [0.1, 0.15) is 58.1 Å². The van der Waals surface area contributed by atoms with Crippen molar-refractivity contribution in [3.63, 3.8) is 0 Å². The summed E-state index contributed by atoms with van der Waals surface area (Å²) in [5, 5.41) is 3.36. The van der Waals surface area contributed by atoms with Crippen molar-refractivity contribution in [2.75, 3.05) is 12.9 Å². The molecule has 0 fully saturated rings. The van der Waals surface area contributed by atoms with Gasteiger partial charge in [-0.1, -0.05) is 26.7 Å². The number of methoxy groups -OCH3 is 1. The minimum Gasteiger partial charge on any atom is -0.493 e. The molecule has 1 aromatic carbocycles. The van der Waals surface area contributed by atoms with E-state index in [1.807, 2.05) is 13.8 Å². The minimum atomic E-state index is -6.00. The third kappa shape index (κ3) is 4.86. The van der Waals surface area contributed by atoms with E-state index in [-0.39, 0.29) is 22.0 Å². The van der Waals surface area contributed by atoms with Crippen molar-refractivity contribution < 1.29 is 38.9 Å². The van der Waals surface area contributed by atoms with Crippen LogP contribution < -0.4 is 14.2 Å². The lowest BCUT2D eigenvalue weighted by atomic mass is 9.90. The molecule has 2 rings (SSSR count). The average Bonchev–Trinajstić information content (AvgIpc) is 2.71. The fourth-order valence-electron chi connectivity index (χ4n) is 3.62. The standard InChI is InChI=1S/C18H26F3NO6S2/c1-5-7-8-17(6-2)11-29(23,24)16-10-15(28-30(25,26)18(19,20)21)14(27-4)9-13(16)12(3)22-17/h9-10,12,22H,5-8,11H2,1-4H3/t12-,17-/m1/s1. The lowest BCUT2D eigenvalue weighted by Crippen LogP contribution is -2.49. The van der Waals surface area contributed by atoms with E-state index in [0.29, 0.717) is 12.8 Å². The van der Waals surface area contributed by atoms with Crippen LogP contribution in [-0.2, 0) is 20.0 Å². The van der Waals surface area contributed by atoms with Crippen molar-refractivity contribution in [3.8, 4) is 11.5 Å². The van der Waals surface area contributed by atoms with E-state index in [1.54, 1.807) is 6.92 Å². The summed E-state index contributed by atoms with van der Waals surface area (Å²) in [6.45, 7) is 5.59. The van der Waals surface area contributed by atoms with E-state index in [0.717, 1.165) is 26.0 Å². The Labute approximate surface area is 175 Å². The molecule has 0 unspecified atom stereocenters. The zero-order valence-electron chi connectivity index (χ0n) is 17.2. The first kappa shape index (κ1) is 24.7. The van der Waals surface area contributed by atoms with Crippen molar-refractivity contribution >= 4 is 20.0 Å². The maximum Gasteiger partial charge on any atom is 0.534 e. The minimum absolute atomic E-state index is 0.272. The second-order valence-electron chi connectivity index (χ2n) is 7.39. The highest BCUT2D eigenvalue weighted by Crippen LogP contribution is 2.42. The highest BCUT2D eigenvalue weighted by Gasteiger charge is 2.49. The number of ether oxygens (including phenoxy) is 1. The molecule has 172 valence electrons. The van der Waals surface area contributed by atoms with Gasteiger partial charge >= 0.3 is 15.6 Å². The lowest BCUT2D eigenvalue weighted by Gasteiger charge is -2.34. The van der Waals surface area contributed by atoms with Crippen LogP contribution >= 0.6 is 0 Å². The molecule has 12 heteroatoms. The van der Waals surface area contributed by atoms with Crippen LogP contribution in [0, 0.1) is 0 Å². The summed E-state index contributed by atoms with van der Waals surface area (Å²) in [7, 11) is -8.85. The predicted molar refractivity (Wildman–Crippen MR) is 105 cm³/mol. The fraction of sp³-hybridized carbons (Fsp3) is 0.667. The first-order chi connectivity index (χ1) is 13.7. The molecule has 0 aromatic heterocycles. The van der Waals surface area contributed by atoms with E-state index in [4.69, 9.17) is 4.74 Å². The molecule has 0 saturated heterocycles. The van der Waals surface area contributed by atoms with Gasteiger partial charge in [0.1, 0.15) is 0 Å². The van der Waals surface area contributed by atoms with Crippen LogP contribution in [0.2, 0.25) is 0 Å². The van der Waals surface area contributed by atoms with Gasteiger partial charge in [0.2, 0.25) is 0 Å². The molecule has 0 amide bonds. The van der Waals surface area contributed by atoms with E-state index in [2.05, 4.69) is 9.50 Å². The molecule has 1 N–H and O–H groups in total. The molecule has 0 aliphatic carbocycles. The summed E-state index contributed by atoms with van der Waals surface area (Å²) in [5.41, 5.74) is -6.12. The number of fused-ring (bicyclic) bond motifs is 1. The normalized spacial score (nSPS) is 24.0. The Morgan fingerprint density at radius 1 is 1.23 bits per heavy atom. The second kappa shape index (κ2) is 8.54. The second-order valence-corrected chi connectivity index (χ2v) is 10.9. The van der Waals surface area contributed by atoms with E-state index < -0.39 is 42.8 Å². The highest BCUT2D eigenvalue weighted by molar-refractivity contribution is 7.91. The Hall–Kier alpha value is -1.53. The first-order valence-electron chi connectivity index (χ1n) is 9.45. The monoisotopic (exact) mass is 473 g/mol. The summed E-state index contributed by atoms with van der Waals surface area (Å²) in [5.74, 6) is -1.42. The summed E-state index contributed by atoms with van der Waals surface area (Å²) < 4.78 is 96.7. The van der Waals surface area contributed by atoms with Gasteiger partial charge in [-0.2, -0.15) is 21.6 Å². The van der Waals surface area contributed by atoms with Crippen LogP contribution in [-0.4, -0.2) is 40.7 Å². The molecule has 0 radical (unpaired) electrons. The summed E-state index contributed by atoms with van der Waals surface area (Å²) in [4.78, 5) is -0.275. The molecule has 0 spiro atoms. The van der Waals surface area contributed by atoms with Crippen molar-refractivity contribution in [3.05, 3.63) is 17.7 Å². The SMILES string of the molecule is CCCC[C@]1(CC)CS(=O)(=O)c2cc(OS(=O)(=O)C(F)(F)F)c(OC)cc2[C@@H](C)N1. The van der Waals surface area contributed by atoms with Gasteiger partial charge in [-0.05, 0) is 31.4 Å². The number of benzene rings is 1. The molecule has 1 aromatic rings. The van der Waals surface area contributed by atoms with E-state index >= 15 is 0 Å². The number of alkyl halides is 3. The highest BCUT2D eigenvalue weighted by atomic mass is 32.2. The third-order valence-electron chi connectivity index (χ3n) is 5.26. The maximum absolute atomic E-state index is 13.2. The van der Waals surface area contributed by atoms with Crippen LogP contribution in [0.4, 0.5) is 13.2 Å². The van der Waals surface area contributed by atoms with E-state index in [9.17, 15) is 30.0 Å². The van der Waals surface area contributed by atoms with Gasteiger partial charge in [0.05, 0.1) is 17.8 Å². The quantitative estimate of drug-likeness (QED) is 0.476. The molecule has 1 aliphatic rings. The molecule has 2 atom stereocenters. The van der Waals surface area contributed by atoms with Crippen molar-refractivity contribution in [2.24, 2.45) is 0 Å². The number of halogens is 3. The smallest absolute Gasteiger partial charge is 0.493 e. The number of hydrogen-bond donors (Lipinski definition) is 1. The Bertz CT molecular complexity index is 992. The van der Waals surface area contributed by atoms with Crippen LogP contribution in [0.25, 0.3) is 0 Å². The Morgan fingerprint density at radius 2 is 1.87 bits per heavy atom. The Balaban J connectivity index is 2.64. The maximum atomic E-state index is 13.2. The zero-order chi connectivity index (χ0) is 23.0. The molecule has 30 heavy (non-hydrogen) atoms. The predicted octanol–water partition coefficient (Wildman–Crippen LogP) is 3.70. The molecule has 7 nitrogen and oxygen atoms in total. The van der Waals surface area contributed by atoms with Crippen molar-refractivity contribution in [1.29, 1.82) is 0 Å². The van der Waals surface area contributed by atoms with Crippen LogP contribution in [0.5, 0.6) is 11.5 Å². The summed E-state index contributed by atoms with van der Waals surface area (Å²) in [6, 6.07) is 1.53. The van der Waals surface area contributed by atoms with Crippen LogP contribution in [0.3, 0.4) is 0 Å². The van der Waals surface area contributed by atoms with Gasteiger partial charge in [-0.3, -0.25) is 0 Å². The average molecular weight is 474 g/mol. The number of nitrogens with one attached hydrogen (secondary N) is 1. The summed E-state index contributed by atoms with van der Waals surface area (Å²) >= 11 is 0. The molecule has 1 heterocycles. The topological polar surface area (TPSA) is 98.8 Å². The van der Waals surface area contributed by atoms with Gasteiger partial charge in [0.25, 0.3) is 0 Å². The van der Waals surface area contributed by atoms with Gasteiger partial charge < -0.3 is 14.2 Å². The van der Waals surface area contributed by atoms with E-state index in [1.165, 1.54) is 6.07 Å². The lowest BCUT2D eigenvalue weighted by molar-refractivity contribution is -0.0500. The number of hydrogen-bond acceptors (Lipinski definition) is 7. The van der Waals surface area contributed by atoms with Crippen LogP contribution in [0.15, 0.2) is 17.0 Å². The van der Waals surface area contributed by atoms with Gasteiger partial charge in [0.15, 0.2) is 21.3 Å². The summed E-state index contributed by atoms with van der Waals surface area (Å²) in [6.07, 6.45) is 2.78. The molecular weight excluding hydrogens is 447 g/mol. The first-order valence-corrected chi connectivity index (χ1v) is 12.5. The largest absolute Gasteiger partial charge is 0.534 e.